The maximum atomic E-state index is 10.6. The molecule has 15 heavy (non-hydrogen) atoms. The molecule has 0 aliphatic carbocycles. The number of nitro groups is 2. The lowest BCUT2D eigenvalue weighted by Crippen LogP contribution is -2.41. The van der Waals surface area contributed by atoms with Gasteiger partial charge >= 0.3 is 12.3 Å². The van der Waals surface area contributed by atoms with Crippen LogP contribution in [0.2, 0.25) is 0 Å². The van der Waals surface area contributed by atoms with Crippen molar-refractivity contribution in [3.8, 4) is 0 Å². The fraction of sp³-hybridized carbons (Fsp3) is 0.250. The first-order valence-corrected chi connectivity index (χ1v) is 4.01. The van der Waals surface area contributed by atoms with Crippen LogP contribution in [0.5, 0.6) is 0 Å². The Morgan fingerprint density at radius 3 is 2.13 bits per heavy atom. The molecule has 1 rings (SSSR count). The van der Waals surface area contributed by atoms with Crippen molar-refractivity contribution in [2.75, 3.05) is 6.54 Å². The van der Waals surface area contributed by atoms with Gasteiger partial charge in [0.1, 0.15) is 0 Å². The molecular formula is C8H8N2O5. The number of aliphatic hydroxyl groups is 1. The van der Waals surface area contributed by atoms with Crippen molar-refractivity contribution >= 4 is 0 Å². The lowest BCUT2D eigenvalue weighted by molar-refractivity contribution is -0.682. The molecule has 0 spiro atoms. The van der Waals surface area contributed by atoms with Gasteiger partial charge in [-0.2, -0.15) is 0 Å². The van der Waals surface area contributed by atoms with E-state index in [2.05, 4.69) is 0 Å². The fourth-order valence-corrected chi connectivity index (χ4v) is 1.14. The van der Waals surface area contributed by atoms with E-state index in [9.17, 15) is 25.3 Å². The summed E-state index contributed by atoms with van der Waals surface area (Å²) in [6.07, 6.45) is 0. The number of hydrogen-bond donors (Lipinski definition) is 1. The largest absolute Gasteiger partial charge is 0.413 e. The minimum Gasteiger partial charge on any atom is -0.322 e. The van der Waals surface area contributed by atoms with E-state index in [1.165, 1.54) is 24.3 Å². The predicted octanol–water partition coefficient (Wildman–Crippen LogP) is 0.385. The Balaban J connectivity index is 3.13. The van der Waals surface area contributed by atoms with Gasteiger partial charge in [-0.3, -0.25) is 20.2 Å². The summed E-state index contributed by atoms with van der Waals surface area (Å²) in [7, 11) is 0. The fourth-order valence-electron chi connectivity index (χ4n) is 1.14. The van der Waals surface area contributed by atoms with Crippen molar-refractivity contribution in [3.63, 3.8) is 0 Å². The van der Waals surface area contributed by atoms with E-state index >= 15 is 0 Å². The monoisotopic (exact) mass is 212 g/mol. The van der Waals surface area contributed by atoms with Crippen molar-refractivity contribution in [1.82, 2.24) is 0 Å². The molecule has 0 fully saturated rings. The highest BCUT2D eigenvalue weighted by atomic mass is 16.7. The zero-order valence-electron chi connectivity index (χ0n) is 7.57. The molecule has 0 saturated heterocycles. The zero-order valence-corrected chi connectivity index (χ0v) is 7.57. The Labute approximate surface area is 84.3 Å². The number of hydrogen-bond acceptors (Lipinski definition) is 5. The van der Waals surface area contributed by atoms with E-state index in [-0.39, 0.29) is 5.56 Å². The zero-order chi connectivity index (χ0) is 11.5. The molecule has 1 atom stereocenters. The number of nitrogens with zero attached hydrogens (tertiary/aromatic N) is 2. The molecule has 7 heteroatoms. The molecular weight excluding hydrogens is 204 g/mol. The van der Waals surface area contributed by atoms with Gasteiger partial charge in [0.2, 0.25) is 0 Å². The highest BCUT2D eigenvalue weighted by Crippen LogP contribution is 2.21. The lowest BCUT2D eigenvalue weighted by Gasteiger charge is -2.14. The first-order valence-electron chi connectivity index (χ1n) is 4.01. The Morgan fingerprint density at radius 1 is 1.20 bits per heavy atom. The molecule has 0 amide bonds. The number of benzene rings is 1. The summed E-state index contributed by atoms with van der Waals surface area (Å²) in [6, 6.07) is 7.06. The third-order valence-electron chi connectivity index (χ3n) is 1.89. The average Bonchev–Trinajstić information content (AvgIpc) is 2.17. The van der Waals surface area contributed by atoms with Crippen LogP contribution in [0.3, 0.4) is 0 Å². The van der Waals surface area contributed by atoms with E-state index in [1.54, 1.807) is 6.07 Å². The molecule has 1 unspecified atom stereocenters. The average molecular weight is 212 g/mol. The quantitative estimate of drug-likeness (QED) is 0.441. The Hall–Kier alpha value is -2.02. The summed E-state index contributed by atoms with van der Waals surface area (Å²) in [6.45, 7) is -1.16. The van der Waals surface area contributed by atoms with Crippen molar-refractivity contribution in [3.05, 3.63) is 56.1 Å². The van der Waals surface area contributed by atoms with Crippen LogP contribution < -0.4 is 0 Å². The van der Waals surface area contributed by atoms with Crippen molar-refractivity contribution in [2.45, 2.75) is 5.72 Å². The smallest absolute Gasteiger partial charge is 0.322 e. The van der Waals surface area contributed by atoms with Gasteiger partial charge < -0.3 is 5.11 Å². The van der Waals surface area contributed by atoms with Gasteiger partial charge in [-0.05, 0) is 12.1 Å². The normalized spacial score (nSPS) is 14.2. The molecule has 0 radical (unpaired) electrons. The van der Waals surface area contributed by atoms with Crippen LogP contribution in [0.15, 0.2) is 30.3 Å². The first kappa shape index (κ1) is 11.1. The van der Waals surface area contributed by atoms with Crippen LogP contribution in [0.25, 0.3) is 0 Å². The van der Waals surface area contributed by atoms with Crippen molar-refractivity contribution < 1.29 is 15.0 Å². The maximum Gasteiger partial charge on any atom is 0.413 e. The van der Waals surface area contributed by atoms with Gasteiger partial charge in [-0.1, -0.05) is 18.2 Å². The van der Waals surface area contributed by atoms with Gasteiger partial charge in [0.15, 0.2) is 0 Å². The van der Waals surface area contributed by atoms with Crippen LogP contribution in [0.4, 0.5) is 0 Å². The summed E-state index contributed by atoms with van der Waals surface area (Å²) < 4.78 is 0. The molecule has 1 aromatic carbocycles. The minimum absolute atomic E-state index is 0.105. The Bertz CT molecular complexity index is 380. The minimum atomic E-state index is -2.66. The Kier molecular flexibility index (Phi) is 2.96. The molecule has 7 nitrogen and oxygen atoms in total. The van der Waals surface area contributed by atoms with E-state index in [0.29, 0.717) is 0 Å². The summed E-state index contributed by atoms with van der Waals surface area (Å²) in [4.78, 5) is 18.9. The molecule has 1 N–H and O–H groups in total. The van der Waals surface area contributed by atoms with Gasteiger partial charge in [-0.25, -0.2) is 0 Å². The van der Waals surface area contributed by atoms with E-state index in [1.807, 2.05) is 0 Å². The van der Waals surface area contributed by atoms with E-state index in [4.69, 9.17) is 0 Å². The Morgan fingerprint density at radius 2 is 1.73 bits per heavy atom. The van der Waals surface area contributed by atoms with Gasteiger partial charge in [-0.15, -0.1) is 0 Å². The van der Waals surface area contributed by atoms with Crippen LogP contribution >= 0.6 is 0 Å². The van der Waals surface area contributed by atoms with Crippen molar-refractivity contribution in [2.24, 2.45) is 0 Å². The maximum absolute atomic E-state index is 10.6. The van der Waals surface area contributed by atoms with Gasteiger partial charge in [0.25, 0.3) is 0 Å². The van der Waals surface area contributed by atoms with Crippen LogP contribution in [0, 0.1) is 20.2 Å². The molecule has 1 aromatic rings. The van der Waals surface area contributed by atoms with Crippen molar-refractivity contribution in [1.29, 1.82) is 0 Å². The standard InChI is InChI=1S/C8H8N2O5/c11-8(10(14)15,6-9(12)13)7-4-2-1-3-5-7/h1-5,11H,6H2. The van der Waals surface area contributed by atoms with Crippen LogP contribution in [-0.4, -0.2) is 21.5 Å². The second kappa shape index (κ2) is 4.01. The summed E-state index contributed by atoms with van der Waals surface area (Å²) in [5.74, 6) is 0. The third-order valence-corrected chi connectivity index (χ3v) is 1.89. The molecule has 0 aliphatic heterocycles. The summed E-state index contributed by atoms with van der Waals surface area (Å²) in [5, 5.41) is 30.4. The second-order valence-corrected chi connectivity index (χ2v) is 2.93. The molecule has 0 saturated carbocycles. The molecule has 0 aromatic heterocycles. The van der Waals surface area contributed by atoms with Crippen LogP contribution in [-0.2, 0) is 5.72 Å². The third kappa shape index (κ3) is 2.26. The molecule has 0 heterocycles. The molecule has 80 valence electrons. The van der Waals surface area contributed by atoms with E-state index in [0.717, 1.165) is 0 Å². The number of rotatable bonds is 4. The van der Waals surface area contributed by atoms with Gasteiger partial charge in [0.05, 0.1) is 10.5 Å². The first-order chi connectivity index (χ1) is 6.97. The molecule has 0 bridgehead atoms. The lowest BCUT2D eigenvalue weighted by atomic mass is 10.0. The van der Waals surface area contributed by atoms with E-state index < -0.39 is 22.1 Å². The summed E-state index contributed by atoms with van der Waals surface area (Å²) in [5.41, 5.74) is -2.77. The topological polar surface area (TPSA) is 107 Å². The second-order valence-electron chi connectivity index (χ2n) is 2.93. The van der Waals surface area contributed by atoms with Crippen LogP contribution in [0.1, 0.15) is 5.56 Å². The molecule has 0 aliphatic rings. The predicted molar refractivity (Wildman–Crippen MR) is 49.2 cm³/mol. The van der Waals surface area contributed by atoms with Gasteiger partial charge in [0, 0.05) is 4.92 Å². The SMILES string of the molecule is O=[N+]([O-])CC(O)(c1ccccc1)[N+](=O)[O-]. The summed E-state index contributed by atoms with van der Waals surface area (Å²) >= 11 is 0. The highest BCUT2D eigenvalue weighted by Gasteiger charge is 2.48. The highest BCUT2D eigenvalue weighted by molar-refractivity contribution is 5.19.